The first kappa shape index (κ1) is 25.9. The fourth-order valence-corrected chi connectivity index (χ4v) is 5.54. The zero-order valence-electron chi connectivity index (χ0n) is 21.2. The maximum atomic E-state index is 8.44. The van der Waals surface area contributed by atoms with Gasteiger partial charge in [-0.1, -0.05) is 0 Å². The Morgan fingerprint density at radius 3 is 2.35 bits per heavy atom. The van der Waals surface area contributed by atoms with Gasteiger partial charge in [-0.3, -0.25) is 5.41 Å². The van der Waals surface area contributed by atoms with Crippen molar-refractivity contribution in [2.24, 2.45) is 10.7 Å². The number of unbranched alkanes of at least 4 members (excludes halogenated alkanes) is 1. The summed E-state index contributed by atoms with van der Waals surface area (Å²) in [7, 11) is 4.39. The quantitative estimate of drug-likeness (QED) is 0.239. The Morgan fingerprint density at radius 2 is 1.74 bits per heavy atom. The van der Waals surface area contributed by atoms with E-state index in [4.69, 9.17) is 11.1 Å². The molecule has 0 bridgehead atoms. The molecule has 31 heavy (non-hydrogen) atoms. The van der Waals surface area contributed by atoms with Crippen molar-refractivity contribution in [2.45, 2.75) is 71.8 Å². The van der Waals surface area contributed by atoms with E-state index in [1.54, 1.807) is 0 Å². The molecule has 0 aliphatic carbocycles. The molecule has 2 fully saturated rings. The molecule has 0 aromatic heterocycles. The van der Waals surface area contributed by atoms with E-state index >= 15 is 0 Å². The average molecular weight is 438 g/mol. The molecule has 7 nitrogen and oxygen atoms in total. The van der Waals surface area contributed by atoms with Crippen molar-refractivity contribution in [3.63, 3.8) is 0 Å². The Balaban J connectivity index is 1.83. The number of nitrogens with one attached hydrogen (secondary N) is 1. The fraction of sp³-hybridized carbons (Fsp3) is 0.917. The summed E-state index contributed by atoms with van der Waals surface area (Å²) in [5, 5.41) is 8.44. The minimum atomic E-state index is 0.295. The summed E-state index contributed by atoms with van der Waals surface area (Å²) in [5.41, 5.74) is 6.42. The predicted octanol–water partition coefficient (Wildman–Crippen LogP) is 2.92. The number of guanidine groups is 2. The van der Waals surface area contributed by atoms with Gasteiger partial charge in [0.15, 0.2) is 5.96 Å². The van der Waals surface area contributed by atoms with Gasteiger partial charge in [0.1, 0.15) is 0 Å². The number of hydrogen-bond donors (Lipinski definition) is 2. The van der Waals surface area contributed by atoms with Crippen LogP contribution in [0.2, 0.25) is 0 Å². The summed E-state index contributed by atoms with van der Waals surface area (Å²) in [5.74, 6) is 0.830. The minimum absolute atomic E-state index is 0.295. The van der Waals surface area contributed by atoms with Crippen molar-refractivity contribution >= 4 is 11.9 Å². The van der Waals surface area contributed by atoms with Crippen LogP contribution in [0.1, 0.15) is 65.7 Å². The van der Waals surface area contributed by atoms with E-state index in [1.165, 1.54) is 56.2 Å². The summed E-state index contributed by atoms with van der Waals surface area (Å²) in [6.07, 6.45) is 8.82. The number of likely N-dealkylation sites (tertiary alicyclic amines) is 2. The summed E-state index contributed by atoms with van der Waals surface area (Å²) in [6.45, 7) is 17.2. The lowest BCUT2D eigenvalue weighted by Gasteiger charge is -2.40. The first-order valence-corrected chi connectivity index (χ1v) is 12.9. The molecule has 2 aliphatic heterocycles. The van der Waals surface area contributed by atoms with Gasteiger partial charge in [0.2, 0.25) is 5.96 Å². The SMILES string of the molecule is CC[N+](CC)(CC)CC1CCCN1/C(N)=N/C(=N)N(C)CCCC[N+]1(C)CCCCC1. The molecule has 1 atom stereocenters. The molecule has 2 heterocycles. The molecule has 7 heteroatoms. The van der Waals surface area contributed by atoms with E-state index in [-0.39, 0.29) is 0 Å². The molecule has 2 saturated heterocycles. The topological polar surface area (TPSA) is 68.7 Å². The molecule has 0 radical (unpaired) electrons. The molecule has 0 amide bonds. The number of hydrogen-bond acceptors (Lipinski definition) is 1. The lowest BCUT2D eigenvalue weighted by Crippen LogP contribution is -2.56. The first-order valence-electron chi connectivity index (χ1n) is 12.9. The first-order chi connectivity index (χ1) is 14.8. The van der Waals surface area contributed by atoms with E-state index < -0.39 is 0 Å². The van der Waals surface area contributed by atoms with Gasteiger partial charge in [-0.15, -0.1) is 0 Å². The second kappa shape index (κ2) is 12.0. The van der Waals surface area contributed by atoms with Gasteiger partial charge >= 0.3 is 0 Å². The maximum Gasteiger partial charge on any atom is 0.220 e. The Bertz CT molecular complexity index is 570. The molecule has 180 valence electrons. The third-order valence-electron chi connectivity index (χ3n) is 8.20. The van der Waals surface area contributed by atoms with Crippen molar-refractivity contribution in [3.05, 3.63) is 0 Å². The van der Waals surface area contributed by atoms with Gasteiger partial charge in [0.25, 0.3) is 0 Å². The predicted molar refractivity (Wildman–Crippen MR) is 132 cm³/mol. The number of quaternary nitrogens is 2. The van der Waals surface area contributed by atoms with E-state index in [0.717, 1.165) is 56.6 Å². The highest BCUT2D eigenvalue weighted by atomic mass is 15.4. The van der Waals surface area contributed by atoms with Gasteiger partial charge in [-0.25, -0.2) is 0 Å². The second-order valence-corrected chi connectivity index (χ2v) is 10.2. The van der Waals surface area contributed by atoms with E-state index in [1.807, 2.05) is 11.9 Å². The monoisotopic (exact) mass is 437 g/mol. The minimum Gasteiger partial charge on any atom is -0.369 e. The zero-order valence-corrected chi connectivity index (χ0v) is 21.2. The van der Waals surface area contributed by atoms with Crippen molar-refractivity contribution in [3.8, 4) is 0 Å². The van der Waals surface area contributed by atoms with E-state index in [0.29, 0.717) is 18.0 Å². The van der Waals surface area contributed by atoms with Crippen molar-refractivity contribution in [1.82, 2.24) is 9.80 Å². The summed E-state index contributed by atoms with van der Waals surface area (Å²) >= 11 is 0. The van der Waals surface area contributed by atoms with Crippen molar-refractivity contribution in [2.75, 3.05) is 73.0 Å². The van der Waals surface area contributed by atoms with Gasteiger partial charge in [0.05, 0.1) is 58.9 Å². The maximum absolute atomic E-state index is 8.44. The van der Waals surface area contributed by atoms with Gasteiger partial charge < -0.3 is 24.5 Å². The Kier molecular flexibility index (Phi) is 10.1. The van der Waals surface area contributed by atoms with Crippen LogP contribution in [0.5, 0.6) is 0 Å². The van der Waals surface area contributed by atoms with Crippen LogP contribution in [0.15, 0.2) is 4.99 Å². The third-order valence-corrected chi connectivity index (χ3v) is 8.20. The summed E-state index contributed by atoms with van der Waals surface area (Å²) < 4.78 is 2.36. The van der Waals surface area contributed by atoms with Crippen LogP contribution in [-0.4, -0.2) is 110 Å². The number of aliphatic imine (C=N–C) groups is 1. The number of likely N-dealkylation sites (N-methyl/N-ethyl adjacent to an activating group) is 1. The number of rotatable bonds is 10. The zero-order chi connectivity index (χ0) is 22.9. The van der Waals surface area contributed by atoms with Crippen molar-refractivity contribution in [1.29, 1.82) is 5.41 Å². The normalized spacial score (nSPS) is 22.0. The molecule has 0 spiro atoms. The fourth-order valence-electron chi connectivity index (χ4n) is 5.54. The lowest BCUT2D eigenvalue weighted by atomic mass is 10.1. The molecule has 0 aromatic rings. The summed E-state index contributed by atoms with van der Waals surface area (Å²) in [4.78, 5) is 8.74. The molecular formula is C24H51N7+2. The van der Waals surface area contributed by atoms with Gasteiger partial charge in [-0.2, -0.15) is 4.99 Å². The van der Waals surface area contributed by atoms with Crippen LogP contribution in [0.3, 0.4) is 0 Å². The second-order valence-electron chi connectivity index (χ2n) is 10.2. The Labute approximate surface area is 192 Å². The third kappa shape index (κ3) is 7.35. The Hall–Kier alpha value is -1.34. The smallest absolute Gasteiger partial charge is 0.220 e. The van der Waals surface area contributed by atoms with Crippen LogP contribution in [0.25, 0.3) is 0 Å². The highest BCUT2D eigenvalue weighted by molar-refractivity contribution is 5.92. The standard InChI is InChI=1S/C24H51N7/c1-6-31(7-2,8-3)21-22-15-14-17-29(22)24(26)27-23(25)28(4)16-10-13-20-30(5)18-11-9-12-19-30/h22H,6-21H2,1-5H3,(H3,25,26,27)/q+2. The van der Waals surface area contributed by atoms with Crippen LogP contribution >= 0.6 is 0 Å². The number of piperidine rings is 1. The number of nitrogens with zero attached hydrogens (tertiary/aromatic N) is 5. The molecule has 1 unspecified atom stereocenters. The average Bonchev–Trinajstić information content (AvgIpc) is 3.23. The van der Waals surface area contributed by atoms with Crippen molar-refractivity contribution < 1.29 is 8.97 Å². The van der Waals surface area contributed by atoms with Gasteiger partial charge in [0, 0.05) is 20.1 Å². The highest BCUT2D eigenvalue weighted by Gasteiger charge is 2.34. The summed E-state index contributed by atoms with van der Waals surface area (Å²) in [6, 6.07) is 0.440. The van der Waals surface area contributed by atoms with Gasteiger partial charge in [-0.05, 0) is 65.7 Å². The molecule has 3 N–H and O–H groups in total. The van der Waals surface area contributed by atoms with Crippen LogP contribution in [0, 0.1) is 5.41 Å². The lowest BCUT2D eigenvalue weighted by molar-refractivity contribution is -0.924. The van der Waals surface area contributed by atoms with Crippen LogP contribution in [-0.2, 0) is 0 Å². The highest BCUT2D eigenvalue weighted by Crippen LogP contribution is 2.21. The number of nitrogens with two attached hydrogens (primary N) is 1. The molecular weight excluding hydrogens is 386 g/mol. The molecule has 2 rings (SSSR count). The largest absolute Gasteiger partial charge is 0.369 e. The van der Waals surface area contributed by atoms with E-state index in [2.05, 4.69) is 37.7 Å². The van der Waals surface area contributed by atoms with Crippen LogP contribution in [0.4, 0.5) is 0 Å². The molecule has 0 aromatic carbocycles. The molecule has 0 saturated carbocycles. The van der Waals surface area contributed by atoms with E-state index in [9.17, 15) is 0 Å². The Morgan fingerprint density at radius 1 is 1.10 bits per heavy atom. The molecule has 2 aliphatic rings. The van der Waals surface area contributed by atoms with Crippen LogP contribution < -0.4 is 5.73 Å².